The molecule has 8 heteroatoms. The molecule has 0 saturated heterocycles. The molecule has 1 saturated carbocycles. The lowest BCUT2D eigenvalue weighted by Crippen LogP contribution is -2.43. The Labute approximate surface area is 199 Å². The van der Waals surface area contributed by atoms with Gasteiger partial charge in [-0.25, -0.2) is 0 Å². The van der Waals surface area contributed by atoms with Gasteiger partial charge in [-0.3, -0.25) is 9.59 Å². The van der Waals surface area contributed by atoms with Gasteiger partial charge in [0.15, 0.2) is 11.5 Å². The molecule has 0 atom stereocenters. The molecule has 0 bridgehead atoms. The summed E-state index contributed by atoms with van der Waals surface area (Å²) in [4.78, 5) is 31.1. The summed E-state index contributed by atoms with van der Waals surface area (Å²) in [7, 11) is 0. The second kappa shape index (κ2) is 11.0. The molecule has 1 aliphatic heterocycles. The molecule has 178 valence electrons. The second-order valence-electron chi connectivity index (χ2n) is 8.55. The molecule has 1 aromatic heterocycles. The minimum absolute atomic E-state index is 0.0501. The maximum atomic E-state index is 13.5. The zero-order chi connectivity index (χ0) is 23.2. The summed E-state index contributed by atoms with van der Waals surface area (Å²) in [6.45, 7) is 7.07. The zero-order valence-corrected chi connectivity index (χ0v) is 20.2. The van der Waals surface area contributed by atoms with Gasteiger partial charge in [-0.2, -0.15) is 0 Å². The number of amides is 2. The summed E-state index contributed by atoms with van der Waals surface area (Å²) in [5.74, 6) is 1.54. The van der Waals surface area contributed by atoms with E-state index in [4.69, 9.17) is 14.2 Å². The minimum Gasteiger partial charge on any atom is -0.454 e. The van der Waals surface area contributed by atoms with E-state index >= 15 is 0 Å². The SMILES string of the molecule is CCOCCCN(CC(=O)N(Cc1ccc2c(c1)OCO2)Cc1sccc1C)C(=O)C1CC1. The van der Waals surface area contributed by atoms with Crippen molar-refractivity contribution < 1.29 is 23.8 Å². The minimum atomic E-state index is -0.0501. The number of benzene rings is 1. The standard InChI is InChI=1S/C25H32N2O5S/c1-3-30-11-4-10-26(25(29)20-6-7-20)16-24(28)27(15-23-18(2)9-12-33-23)14-19-5-8-21-22(13-19)32-17-31-21/h5,8-9,12-13,20H,3-4,6-7,10-11,14-17H2,1-2H3. The van der Waals surface area contributed by atoms with E-state index in [0.29, 0.717) is 38.6 Å². The van der Waals surface area contributed by atoms with Crippen molar-refractivity contribution in [2.24, 2.45) is 5.92 Å². The van der Waals surface area contributed by atoms with Gasteiger partial charge in [0.25, 0.3) is 0 Å². The first-order chi connectivity index (χ1) is 16.0. The summed E-state index contributed by atoms with van der Waals surface area (Å²) in [5, 5.41) is 2.05. The van der Waals surface area contributed by atoms with Crippen molar-refractivity contribution in [2.75, 3.05) is 33.1 Å². The molecule has 7 nitrogen and oxygen atoms in total. The highest BCUT2D eigenvalue weighted by atomic mass is 32.1. The predicted molar refractivity (Wildman–Crippen MR) is 126 cm³/mol. The fourth-order valence-electron chi connectivity index (χ4n) is 3.85. The number of nitrogens with zero attached hydrogens (tertiary/aromatic N) is 2. The molecule has 0 unspecified atom stereocenters. The van der Waals surface area contributed by atoms with Gasteiger partial charge in [-0.05, 0) is 67.8 Å². The molecule has 2 heterocycles. The van der Waals surface area contributed by atoms with Gasteiger partial charge in [-0.1, -0.05) is 6.07 Å². The number of carbonyl (C=O) groups excluding carboxylic acids is 2. The number of hydrogen-bond donors (Lipinski definition) is 0. The number of ether oxygens (including phenoxy) is 3. The maximum absolute atomic E-state index is 13.5. The number of aryl methyl sites for hydroxylation is 1. The van der Waals surface area contributed by atoms with Crippen LogP contribution in [0.3, 0.4) is 0 Å². The van der Waals surface area contributed by atoms with Crippen LogP contribution >= 0.6 is 11.3 Å². The van der Waals surface area contributed by atoms with Crippen LogP contribution in [0.2, 0.25) is 0 Å². The van der Waals surface area contributed by atoms with Crippen molar-refractivity contribution in [1.29, 1.82) is 0 Å². The lowest BCUT2D eigenvalue weighted by atomic mass is 10.1. The van der Waals surface area contributed by atoms with Gasteiger partial charge >= 0.3 is 0 Å². The van der Waals surface area contributed by atoms with Crippen molar-refractivity contribution >= 4 is 23.2 Å². The van der Waals surface area contributed by atoms with Gasteiger partial charge in [0, 0.05) is 37.1 Å². The number of rotatable bonds is 12. The number of hydrogen-bond acceptors (Lipinski definition) is 6. The van der Waals surface area contributed by atoms with E-state index in [1.54, 1.807) is 16.2 Å². The number of fused-ring (bicyclic) bond motifs is 1. The second-order valence-corrected chi connectivity index (χ2v) is 9.55. The average Bonchev–Trinajstić information content (AvgIpc) is 3.43. The van der Waals surface area contributed by atoms with E-state index in [9.17, 15) is 9.59 Å². The van der Waals surface area contributed by atoms with Crippen molar-refractivity contribution in [3.63, 3.8) is 0 Å². The van der Waals surface area contributed by atoms with Crippen LogP contribution in [0.25, 0.3) is 0 Å². The smallest absolute Gasteiger partial charge is 0.242 e. The molecule has 4 rings (SSSR count). The average molecular weight is 473 g/mol. The monoisotopic (exact) mass is 472 g/mol. The molecule has 1 aromatic carbocycles. The van der Waals surface area contributed by atoms with E-state index in [-0.39, 0.29) is 31.1 Å². The Hall–Kier alpha value is -2.58. The normalized spacial score (nSPS) is 14.4. The van der Waals surface area contributed by atoms with Gasteiger partial charge in [0.05, 0.1) is 13.1 Å². The fourth-order valence-corrected chi connectivity index (χ4v) is 4.77. The predicted octanol–water partition coefficient (Wildman–Crippen LogP) is 3.98. The van der Waals surface area contributed by atoms with E-state index < -0.39 is 0 Å². The molecule has 0 spiro atoms. The summed E-state index contributed by atoms with van der Waals surface area (Å²) < 4.78 is 16.4. The van der Waals surface area contributed by atoms with Crippen LogP contribution < -0.4 is 9.47 Å². The summed E-state index contributed by atoms with van der Waals surface area (Å²) >= 11 is 1.65. The number of thiophene rings is 1. The first-order valence-electron chi connectivity index (χ1n) is 11.6. The molecule has 0 N–H and O–H groups in total. The Bertz CT molecular complexity index is 971. The topological polar surface area (TPSA) is 68.3 Å². The van der Waals surface area contributed by atoms with Gasteiger partial charge in [0.1, 0.15) is 0 Å². The number of carbonyl (C=O) groups is 2. The molecular weight excluding hydrogens is 440 g/mol. The lowest BCUT2D eigenvalue weighted by molar-refractivity contribution is -0.142. The third kappa shape index (κ3) is 6.26. The van der Waals surface area contributed by atoms with E-state index in [2.05, 4.69) is 13.0 Å². The van der Waals surface area contributed by atoms with Gasteiger partial charge in [0.2, 0.25) is 18.6 Å². The quantitative estimate of drug-likeness (QED) is 0.437. The molecular formula is C25H32N2O5S. The van der Waals surface area contributed by atoms with E-state index in [1.165, 1.54) is 5.56 Å². The van der Waals surface area contributed by atoms with Crippen molar-refractivity contribution in [3.05, 3.63) is 45.6 Å². The van der Waals surface area contributed by atoms with Crippen LogP contribution in [0.1, 0.15) is 42.2 Å². The van der Waals surface area contributed by atoms with E-state index in [1.807, 2.05) is 35.4 Å². The molecule has 2 aromatic rings. The van der Waals surface area contributed by atoms with Crippen molar-refractivity contribution in [3.8, 4) is 11.5 Å². The molecule has 2 aliphatic rings. The molecule has 2 amide bonds. The van der Waals surface area contributed by atoms with Crippen LogP contribution in [0.5, 0.6) is 11.5 Å². The lowest BCUT2D eigenvalue weighted by Gasteiger charge is -2.28. The Morgan fingerprint density at radius 3 is 2.67 bits per heavy atom. The largest absolute Gasteiger partial charge is 0.454 e. The summed E-state index contributed by atoms with van der Waals surface area (Å²) in [5.41, 5.74) is 2.14. The highest BCUT2D eigenvalue weighted by Gasteiger charge is 2.34. The van der Waals surface area contributed by atoms with Crippen LogP contribution in [0.4, 0.5) is 0 Å². The maximum Gasteiger partial charge on any atom is 0.242 e. The van der Waals surface area contributed by atoms with Gasteiger partial charge < -0.3 is 24.0 Å². The van der Waals surface area contributed by atoms with Crippen LogP contribution in [-0.4, -0.2) is 54.7 Å². The Kier molecular flexibility index (Phi) is 7.88. The van der Waals surface area contributed by atoms with Crippen LogP contribution in [0, 0.1) is 12.8 Å². The highest BCUT2D eigenvalue weighted by molar-refractivity contribution is 7.10. The summed E-state index contributed by atoms with van der Waals surface area (Å²) in [6, 6.07) is 7.84. The first-order valence-corrected chi connectivity index (χ1v) is 12.5. The fraction of sp³-hybridized carbons (Fsp3) is 0.520. The Balaban J connectivity index is 1.48. The van der Waals surface area contributed by atoms with E-state index in [0.717, 1.165) is 35.5 Å². The van der Waals surface area contributed by atoms with Gasteiger partial charge in [-0.15, -0.1) is 11.3 Å². The molecule has 0 radical (unpaired) electrons. The molecule has 33 heavy (non-hydrogen) atoms. The third-order valence-corrected chi connectivity index (χ3v) is 6.96. The van der Waals surface area contributed by atoms with Crippen molar-refractivity contribution in [1.82, 2.24) is 9.80 Å². The Morgan fingerprint density at radius 1 is 1.12 bits per heavy atom. The first kappa shape index (κ1) is 23.6. The van der Waals surface area contributed by atoms with Crippen LogP contribution in [-0.2, 0) is 27.4 Å². The molecule has 1 fully saturated rings. The van der Waals surface area contributed by atoms with Crippen LogP contribution in [0.15, 0.2) is 29.6 Å². The Morgan fingerprint density at radius 2 is 1.94 bits per heavy atom. The zero-order valence-electron chi connectivity index (χ0n) is 19.4. The van der Waals surface area contributed by atoms with Crippen molar-refractivity contribution in [2.45, 2.75) is 46.2 Å². The summed E-state index contributed by atoms with van der Waals surface area (Å²) in [6.07, 6.45) is 2.57. The molecule has 1 aliphatic carbocycles. The third-order valence-electron chi connectivity index (χ3n) is 5.95. The highest BCUT2D eigenvalue weighted by Crippen LogP contribution is 2.33.